The Morgan fingerprint density at radius 3 is 2.74 bits per heavy atom. The van der Waals surface area contributed by atoms with Gasteiger partial charge in [0, 0.05) is 20.2 Å². The molecule has 0 atom stereocenters. The molecule has 0 aromatic carbocycles. The molecule has 2 heterocycles. The van der Waals surface area contributed by atoms with Gasteiger partial charge in [0.25, 0.3) is 5.91 Å². The van der Waals surface area contributed by atoms with E-state index in [-0.39, 0.29) is 11.1 Å². The molecule has 1 saturated heterocycles. The molecule has 0 bridgehead atoms. The molecule has 6 heteroatoms. The van der Waals surface area contributed by atoms with Crippen molar-refractivity contribution in [1.82, 2.24) is 15.2 Å². The number of carbonyl (C=O) groups excluding carboxylic acids is 1. The Balaban J connectivity index is 1.71. The van der Waals surface area contributed by atoms with Crippen LogP contribution in [0.15, 0.2) is 12.1 Å². The largest absolute Gasteiger partial charge is 0.478 e. The van der Waals surface area contributed by atoms with Crippen molar-refractivity contribution >= 4 is 17.5 Å². The summed E-state index contributed by atoms with van der Waals surface area (Å²) >= 11 is 6.07. The van der Waals surface area contributed by atoms with Gasteiger partial charge in [-0.1, -0.05) is 18.0 Å². The summed E-state index contributed by atoms with van der Waals surface area (Å²) in [7, 11) is 3.37. The van der Waals surface area contributed by atoms with E-state index in [0.717, 1.165) is 25.4 Å². The van der Waals surface area contributed by atoms with Gasteiger partial charge in [0.15, 0.2) is 0 Å². The Morgan fingerprint density at radius 2 is 2.09 bits per heavy atom. The van der Waals surface area contributed by atoms with E-state index >= 15 is 0 Å². The number of unbranched alkanes of at least 4 members (excludes halogenated alkanes) is 1. The Morgan fingerprint density at radius 1 is 1.35 bits per heavy atom. The Kier molecular flexibility index (Phi) is 7.12. The maximum atomic E-state index is 11.9. The van der Waals surface area contributed by atoms with Crippen molar-refractivity contribution in [2.75, 3.05) is 33.8 Å². The smallest absolute Gasteiger partial charge is 0.256 e. The van der Waals surface area contributed by atoms with Crippen molar-refractivity contribution in [1.29, 1.82) is 0 Å². The molecule has 5 nitrogen and oxygen atoms in total. The average Bonchev–Trinajstić information content (AvgIpc) is 2.55. The van der Waals surface area contributed by atoms with Crippen molar-refractivity contribution in [3.8, 4) is 5.88 Å². The number of pyridine rings is 1. The third-order valence-corrected chi connectivity index (χ3v) is 4.46. The van der Waals surface area contributed by atoms with Gasteiger partial charge in [-0.25, -0.2) is 4.98 Å². The van der Waals surface area contributed by atoms with Crippen LogP contribution in [0.3, 0.4) is 0 Å². The van der Waals surface area contributed by atoms with E-state index in [4.69, 9.17) is 16.3 Å². The first-order valence-corrected chi connectivity index (χ1v) is 8.67. The number of hydrogen-bond donors (Lipinski definition) is 1. The molecule has 0 spiro atoms. The quantitative estimate of drug-likeness (QED) is 0.613. The fraction of sp³-hybridized carbons (Fsp3) is 0.647. The Bertz CT molecular complexity index is 517. The summed E-state index contributed by atoms with van der Waals surface area (Å²) in [6.45, 7) is 2.94. The van der Waals surface area contributed by atoms with Crippen LogP contribution in [0.5, 0.6) is 5.88 Å². The molecule has 1 aliphatic heterocycles. The first-order chi connectivity index (χ1) is 11.1. The first kappa shape index (κ1) is 18.0. The van der Waals surface area contributed by atoms with Crippen molar-refractivity contribution < 1.29 is 9.53 Å². The van der Waals surface area contributed by atoms with Crippen LogP contribution in [-0.2, 0) is 0 Å². The molecule has 0 saturated carbocycles. The molecule has 1 aliphatic rings. The zero-order chi connectivity index (χ0) is 16.7. The third kappa shape index (κ3) is 5.66. The van der Waals surface area contributed by atoms with E-state index in [2.05, 4.69) is 10.3 Å². The van der Waals surface area contributed by atoms with Crippen LogP contribution in [-0.4, -0.2) is 49.6 Å². The predicted octanol–water partition coefficient (Wildman–Crippen LogP) is 2.99. The number of rotatable bonds is 7. The minimum absolute atomic E-state index is 0.156. The summed E-state index contributed by atoms with van der Waals surface area (Å²) in [5.41, 5.74) is 0.398. The second kappa shape index (κ2) is 9.08. The van der Waals surface area contributed by atoms with Gasteiger partial charge >= 0.3 is 0 Å². The molecule has 1 aromatic heterocycles. The lowest BCUT2D eigenvalue weighted by molar-refractivity contribution is 0.0827. The summed E-state index contributed by atoms with van der Waals surface area (Å²) in [5, 5.41) is 3.58. The number of piperidine rings is 1. The van der Waals surface area contributed by atoms with Gasteiger partial charge in [-0.3, -0.25) is 4.79 Å². The number of halogens is 1. The van der Waals surface area contributed by atoms with Crippen LogP contribution >= 0.6 is 11.6 Å². The van der Waals surface area contributed by atoms with Gasteiger partial charge in [-0.15, -0.1) is 0 Å². The highest BCUT2D eigenvalue weighted by molar-refractivity contribution is 6.32. The van der Waals surface area contributed by atoms with Crippen LogP contribution in [0.1, 0.15) is 42.5 Å². The normalized spacial score (nSPS) is 15.4. The number of nitrogens with zero attached hydrogens (tertiary/aromatic N) is 2. The fourth-order valence-electron chi connectivity index (χ4n) is 2.78. The van der Waals surface area contributed by atoms with Crippen LogP contribution < -0.4 is 10.1 Å². The van der Waals surface area contributed by atoms with Gasteiger partial charge in [-0.05, 0) is 50.8 Å². The van der Waals surface area contributed by atoms with Gasteiger partial charge in [0.1, 0.15) is 5.15 Å². The predicted molar refractivity (Wildman–Crippen MR) is 92.2 cm³/mol. The van der Waals surface area contributed by atoms with Gasteiger partial charge in [0.05, 0.1) is 12.2 Å². The van der Waals surface area contributed by atoms with Crippen LogP contribution in [0, 0.1) is 5.92 Å². The van der Waals surface area contributed by atoms with E-state index < -0.39 is 0 Å². The monoisotopic (exact) mass is 339 g/mol. The SMILES string of the molecule is CN(C)C(=O)c1ccc(OCCCCC2CCNCC2)nc1Cl. The van der Waals surface area contributed by atoms with Crippen molar-refractivity contribution in [3.63, 3.8) is 0 Å². The summed E-state index contributed by atoms with van der Waals surface area (Å²) in [4.78, 5) is 17.5. The number of ether oxygens (including phenoxy) is 1. The summed E-state index contributed by atoms with van der Waals surface area (Å²) in [6.07, 6.45) is 6.05. The molecule has 0 radical (unpaired) electrons. The van der Waals surface area contributed by atoms with E-state index in [0.29, 0.717) is 18.1 Å². The van der Waals surface area contributed by atoms with Crippen molar-refractivity contribution in [2.45, 2.75) is 32.1 Å². The van der Waals surface area contributed by atoms with Gasteiger partial charge < -0.3 is 15.0 Å². The lowest BCUT2D eigenvalue weighted by Gasteiger charge is -2.22. The number of aromatic nitrogens is 1. The highest BCUT2D eigenvalue weighted by atomic mass is 35.5. The average molecular weight is 340 g/mol. The Hall–Kier alpha value is -1.33. The lowest BCUT2D eigenvalue weighted by atomic mass is 9.93. The van der Waals surface area contributed by atoms with Gasteiger partial charge in [-0.2, -0.15) is 0 Å². The molecule has 1 N–H and O–H groups in total. The molecule has 1 amide bonds. The maximum absolute atomic E-state index is 11.9. The number of amides is 1. The van der Waals surface area contributed by atoms with Crippen molar-refractivity contribution in [2.24, 2.45) is 5.92 Å². The van der Waals surface area contributed by atoms with E-state index in [1.165, 1.54) is 30.6 Å². The van der Waals surface area contributed by atoms with Gasteiger partial charge in [0.2, 0.25) is 5.88 Å². The molecular weight excluding hydrogens is 314 g/mol. The zero-order valence-corrected chi connectivity index (χ0v) is 14.7. The Labute approximate surface area is 143 Å². The summed E-state index contributed by atoms with van der Waals surface area (Å²) in [6, 6.07) is 3.37. The molecule has 1 fully saturated rings. The summed E-state index contributed by atoms with van der Waals surface area (Å²) in [5.74, 6) is 1.18. The summed E-state index contributed by atoms with van der Waals surface area (Å²) < 4.78 is 5.64. The number of carbonyl (C=O) groups is 1. The minimum atomic E-state index is -0.156. The minimum Gasteiger partial charge on any atom is -0.478 e. The molecule has 1 aromatic rings. The first-order valence-electron chi connectivity index (χ1n) is 8.29. The van der Waals surface area contributed by atoms with Crippen molar-refractivity contribution in [3.05, 3.63) is 22.8 Å². The zero-order valence-electron chi connectivity index (χ0n) is 14.0. The van der Waals surface area contributed by atoms with E-state index in [1.807, 2.05) is 0 Å². The second-order valence-corrected chi connectivity index (χ2v) is 6.58. The van der Waals surface area contributed by atoms with Crippen LogP contribution in [0.2, 0.25) is 5.15 Å². The van der Waals surface area contributed by atoms with Crippen LogP contribution in [0.25, 0.3) is 0 Å². The molecule has 128 valence electrons. The molecule has 2 rings (SSSR count). The fourth-order valence-corrected chi connectivity index (χ4v) is 3.01. The molecule has 0 unspecified atom stereocenters. The maximum Gasteiger partial charge on any atom is 0.256 e. The second-order valence-electron chi connectivity index (χ2n) is 6.23. The number of nitrogens with one attached hydrogen (secondary N) is 1. The molecule has 23 heavy (non-hydrogen) atoms. The highest BCUT2D eigenvalue weighted by Crippen LogP contribution is 2.21. The number of hydrogen-bond acceptors (Lipinski definition) is 4. The topological polar surface area (TPSA) is 54.5 Å². The lowest BCUT2D eigenvalue weighted by Crippen LogP contribution is -2.27. The van der Waals surface area contributed by atoms with E-state index in [1.54, 1.807) is 26.2 Å². The molecular formula is C17H26ClN3O2. The third-order valence-electron chi connectivity index (χ3n) is 4.18. The standard InChI is InChI=1S/C17H26ClN3O2/c1-21(2)17(22)14-6-7-15(20-16(14)18)23-12-4-3-5-13-8-10-19-11-9-13/h6-7,13,19H,3-5,8-12H2,1-2H3. The molecule has 0 aliphatic carbocycles. The van der Waals surface area contributed by atoms with Crippen LogP contribution in [0.4, 0.5) is 0 Å². The highest BCUT2D eigenvalue weighted by Gasteiger charge is 2.14. The van der Waals surface area contributed by atoms with E-state index in [9.17, 15) is 4.79 Å².